The summed E-state index contributed by atoms with van der Waals surface area (Å²) < 4.78 is 10.7. The van der Waals surface area contributed by atoms with Crippen LogP contribution in [0.1, 0.15) is 43.4 Å². The molecule has 0 aliphatic carbocycles. The molecule has 29 heavy (non-hydrogen) atoms. The fourth-order valence-electron chi connectivity index (χ4n) is 2.69. The Morgan fingerprint density at radius 2 is 1.93 bits per heavy atom. The zero-order valence-corrected chi connectivity index (χ0v) is 17.2. The van der Waals surface area contributed by atoms with Crippen LogP contribution in [0.4, 0.5) is 5.69 Å². The Morgan fingerprint density at radius 1 is 1.21 bits per heavy atom. The number of hydrogen-bond acceptors (Lipinski definition) is 6. The highest BCUT2D eigenvalue weighted by atomic mass is 16.6. The lowest BCUT2D eigenvalue weighted by Crippen LogP contribution is -2.26. The molecule has 0 aromatic heterocycles. The molecule has 2 aromatic carbocycles. The van der Waals surface area contributed by atoms with E-state index in [9.17, 15) is 14.9 Å². The molecular weight excluding hydrogens is 374 g/mol. The molecule has 8 nitrogen and oxygen atoms in total. The Hall–Kier alpha value is -3.42. The highest BCUT2D eigenvalue weighted by molar-refractivity contribution is 6.00. The molecule has 0 unspecified atom stereocenters. The Balaban J connectivity index is 2.05. The van der Waals surface area contributed by atoms with Crippen LogP contribution >= 0.6 is 0 Å². The maximum atomic E-state index is 12.1. The predicted molar refractivity (Wildman–Crippen MR) is 111 cm³/mol. The van der Waals surface area contributed by atoms with Crippen LogP contribution < -0.4 is 14.9 Å². The van der Waals surface area contributed by atoms with E-state index in [0.717, 1.165) is 11.1 Å². The van der Waals surface area contributed by atoms with Crippen LogP contribution in [-0.4, -0.2) is 30.3 Å². The summed E-state index contributed by atoms with van der Waals surface area (Å²) in [6.07, 6.45) is 0. The number of amides is 1. The van der Waals surface area contributed by atoms with Gasteiger partial charge in [0, 0.05) is 11.6 Å². The van der Waals surface area contributed by atoms with Gasteiger partial charge in [0.15, 0.2) is 12.4 Å². The number of nitro benzene ring substituents is 1. The standard InChI is InChI=1S/C21H25N3O5/c1-13(2)17-8-6-14(3)10-20(17)29-12-21(25)23-22-15(4)16-7-9-19(28-5)18(11-16)24(26)27/h6-11,13H,12H2,1-5H3,(H,23,25)/b22-15-. The minimum absolute atomic E-state index is 0.156. The van der Waals surface area contributed by atoms with Crippen molar-refractivity contribution in [1.29, 1.82) is 0 Å². The third kappa shape index (κ3) is 5.78. The van der Waals surface area contributed by atoms with E-state index < -0.39 is 10.8 Å². The molecule has 0 aliphatic rings. The van der Waals surface area contributed by atoms with Gasteiger partial charge in [0.25, 0.3) is 5.91 Å². The van der Waals surface area contributed by atoms with Crippen LogP contribution in [0.3, 0.4) is 0 Å². The first-order chi connectivity index (χ1) is 13.7. The zero-order valence-electron chi connectivity index (χ0n) is 17.2. The van der Waals surface area contributed by atoms with Gasteiger partial charge in [0.1, 0.15) is 5.75 Å². The first-order valence-corrected chi connectivity index (χ1v) is 9.12. The Bertz CT molecular complexity index is 938. The second-order valence-electron chi connectivity index (χ2n) is 6.86. The van der Waals surface area contributed by atoms with Gasteiger partial charge in [0.05, 0.1) is 17.7 Å². The highest BCUT2D eigenvalue weighted by Crippen LogP contribution is 2.28. The molecule has 0 spiro atoms. The lowest BCUT2D eigenvalue weighted by Gasteiger charge is -2.14. The number of nitro groups is 1. The number of benzene rings is 2. The monoisotopic (exact) mass is 399 g/mol. The second-order valence-corrected chi connectivity index (χ2v) is 6.86. The third-order valence-corrected chi connectivity index (χ3v) is 4.29. The topological polar surface area (TPSA) is 103 Å². The number of nitrogens with one attached hydrogen (secondary N) is 1. The summed E-state index contributed by atoms with van der Waals surface area (Å²) in [6.45, 7) is 7.52. The first-order valence-electron chi connectivity index (χ1n) is 9.12. The van der Waals surface area contributed by atoms with Gasteiger partial charge < -0.3 is 9.47 Å². The van der Waals surface area contributed by atoms with Gasteiger partial charge in [-0.3, -0.25) is 14.9 Å². The van der Waals surface area contributed by atoms with E-state index in [-0.39, 0.29) is 24.0 Å². The minimum atomic E-state index is -0.532. The first kappa shape index (κ1) is 21.9. The number of carbonyl (C=O) groups excluding carboxylic acids is 1. The summed E-state index contributed by atoms with van der Waals surface area (Å²) in [6, 6.07) is 10.4. The van der Waals surface area contributed by atoms with Crippen molar-refractivity contribution >= 4 is 17.3 Å². The average molecular weight is 399 g/mol. The Labute approximate surface area is 169 Å². The fourth-order valence-corrected chi connectivity index (χ4v) is 2.69. The summed E-state index contributed by atoms with van der Waals surface area (Å²) in [5.41, 5.74) is 5.23. The van der Waals surface area contributed by atoms with Gasteiger partial charge in [-0.15, -0.1) is 0 Å². The smallest absolute Gasteiger partial charge is 0.311 e. The van der Waals surface area contributed by atoms with Crippen LogP contribution in [-0.2, 0) is 4.79 Å². The maximum Gasteiger partial charge on any atom is 0.311 e. The van der Waals surface area contributed by atoms with Crippen LogP contribution in [0.2, 0.25) is 0 Å². The number of nitrogens with zero attached hydrogens (tertiary/aromatic N) is 2. The normalized spacial score (nSPS) is 11.3. The zero-order chi connectivity index (χ0) is 21.6. The van der Waals surface area contributed by atoms with Gasteiger partial charge in [-0.25, -0.2) is 5.43 Å². The summed E-state index contributed by atoms with van der Waals surface area (Å²) >= 11 is 0. The summed E-state index contributed by atoms with van der Waals surface area (Å²) in [5, 5.41) is 15.2. The second kappa shape index (κ2) is 9.68. The van der Waals surface area contributed by atoms with Gasteiger partial charge in [-0.2, -0.15) is 5.10 Å². The van der Waals surface area contributed by atoms with E-state index in [1.54, 1.807) is 13.0 Å². The molecule has 0 bridgehead atoms. The van der Waals surface area contributed by atoms with Gasteiger partial charge in [-0.1, -0.05) is 26.0 Å². The number of carbonyl (C=O) groups is 1. The van der Waals surface area contributed by atoms with Crippen LogP contribution in [0.5, 0.6) is 11.5 Å². The molecule has 0 radical (unpaired) electrons. The number of ether oxygens (including phenoxy) is 2. The average Bonchev–Trinajstić information content (AvgIpc) is 2.69. The van der Waals surface area contributed by atoms with Crippen molar-refractivity contribution in [3.8, 4) is 11.5 Å². The quantitative estimate of drug-likeness (QED) is 0.411. The molecule has 8 heteroatoms. The largest absolute Gasteiger partial charge is 0.490 e. The van der Waals surface area contributed by atoms with Crippen molar-refractivity contribution in [1.82, 2.24) is 5.43 Å². The van der Waals surface area contributed by atoms with Crippen molar-refractivity contribution in [3.05, 3.63) is 63.2 Å². The number of aryl methyl sites for hydroxylation is 1. The minimum Gasteiger partial charge on any atom is -0.490 e. The van der Waals surface area contributed by atoms with E-state index in [1.165, 1.54) is 19.2 Å². The van der Waals surface area contributed by atoms with Crippen LogP contribution in [0.25, 0.3) is 0 Å². The molecule has 1 amide bonds. The Kier molecular flexibility index (Phi) is 7.30. The summed E-state index contributed by atoms with van der Waals surface area (Å²) in [7, 11) is 1.36. The van der Waals surface area contributed by atoms with Crippen molar-refractivity contribution in [2.45, 2.75) is 33.6 Å². The van der Waals surface area contributed by atoms with Crippen molar-refractivity contribution in [3.63, 3.8) is 0 Å². The van der Waals surface area contributed by atoms with Crippen molar-refractivity contribution < 1.29 is 19.2 Å². The molecule has 0 atom stereocenters. The van der Waals surface area contributed by atoms with E-state index in [4.69, 9.17) is 9.47 Å². The summed E-state index contributed by atoms with van der Waals surface area (Å²) in [4.78, 5) is 22.7. The van der Waals surface area contributed by atoms with Crippen LogP contribution in [0, 0.1) is 17.0 Å². The van der Waals surface area contributed by atoms with Crippen molar-refractivity contribution in [2.24, 2.45) is 5.10 Å². The molecule has 0 heterocycles. The molecule has 1 N–H and O–H groups in total. The lowest BCUT2D eigenvalue weighted by atomic mass is 10.0. The predicted octanol–water partition coefficient (Wildman–Crippen LogP) is 3.95. The van der Waals surface area contributed by atoms with E-state index in [2.05, 4.69) is 24.4 Å². The maximum absolute atomic E-state index is 12.1. The third-order valence-electron chi connectivity index (χ3n) is 4.29. The summed E-state index contributed by atoms with van der Waals surface area (Å²) in [5.74, 6) is 0.660. The molecule has 2 rings (SSSR count). The molecule has 0 saturated carbocycles. The number of methoxy groups -OCH3 is 1. The number of rotatable bonds is 8. The fraction of sp³-hybridized carbons (Fsp3) is 0.333. The van der Waals surface area contributed by atoms with E-state index in [1.807, 2.05) is 25.1 Å². The van der Waals surface area contributed by atoms with Gasteiger partial charge >= 0.3 is 5.69 Å². The van der Waals surface area contributed by atoms with E-state index in [0.29, 0.717) is 17.0 Å². The molecule has 0 fully saturated rings. The number of hydrogen-bond donors (Lipinski definition) is 1. The van der Waals surface area contributed by atoms with Gasteiger partial charge in [-0.05, 0) is 49.1 Å². The van der Waals surface area contributed by atoms with Crippen LogP contribution in [0.15, 0.2) is 41.5 Å². The van der Waals surface area contributed by atoms with Gasteiger partial charge in [0.2, 0.25) is 0 Å². The molecule has 0 aliphatic heterocycles. The Morgan fingerprint density at radius 3 is 2.55 bits per heavy atom. The number of hydrazone groups is 1. The highest BCUT2D eigenvalue weighted by Gasteiger charge is 2.16. The molecule has 154 valence electrons. The molecule has 0 saturated heterocycles. The SMILES string of the molecule is COc1ccc(/C(C)=N\NC(=O)COc2cc(C)ccc2C(C)C)cc1[N+](=O)[O-]. The van der Waals surface area contributed by atoms with E-state index >= 15 is 0 Å². The molecular formula is C21H25N3O5. The molecule has 2 aromatic rings. The lowest BCUT2D eigenvalue weighted by molar-refractivity contribution is -0.385. The van der Waals surface area contributed by atoms with Crippen molar-refractivity contribution in [2.75, 3.05) is 13.7 Å².